The lowest BCUT2D eigenvalue weighted by Crippen LogP contribution is -2.04. The molecule has 0 aliphatic rings. The van der Waals surface area contributed by atoms with Gasteiger partial charge in [0.25, 0.3) is 0 Å². The fourth-order valence-electron chi connectivity index (χ4n) is 4.90. The first-order valence-electron chi connectivity index (χ1n) is 12.1. The van der Waals surface area contributed by atoms with Gasteiger partial charge < -0.3 is 5.11 Å². The number of carbonyl (C=O) groups is 1. The highest BCUT2D eigenvalue weighted by Gasteiger charge is 2.20. The van der Waals surface area contributed by atoms with Gasteiger partial charge in [-0.15, -0.1) is 11.3 Å². The molecule has 0 atom stereocenters. The van der Waals surface area contributed by atoms with Gasteiger partial charge in [0.05, 0.1) is 28.4 Å². The molecule has 3 aromatic heterocycles. The van der Waals surface area contributed by atoms with E-state index in [1.807, 2.05) is 68.3 Å². The number of hydrogen-bond acceptors (Lipinski definition) is 5. The van der Waals surface area contributed by atoms with Crippen LogP contribution in [0.1, 0.15) is 16.8 Å². The summed E-state index contributed by atoms with van der Waals surface area (Å²) in [6.45, 7) is 3.93. The molecule has 3 aromatic carbocycles. The Morgan fingerprint density at radius 3 is 2.53 bits per heavy atom. The van der Waals surface area contributed by atoms with Crippen LogP contribution in [0.3, 0.4) is 0 Å². The molecule has 0 amide bonds. The number of aromatic nitrogens is 4. The van der Waals surface area contributed by atoms with Gasteiger partial charge in [0, 0.05) is 46.0 Å². The summed E-state index contributed by atoms with van der Waals surface area (Å²) in [4.78, 5) is 21.5. The Bertz CT molecular complexity index is 1870. The first-order valence-corrected chi connectivity index (χ1v) is 13.3. The fourth-order valence-corrected chi connectivity index (χ4v) is 6.23. The van der Waals surface area contributed by atoms with Crippen molar-refractivity contribution in [3.05, 3.63) is 88.8 Å². The van der Waals surface area contributed by atoms with Gasteiger partial charge in [0.1, 0.15) is 5.01 Å². The fraction of sp³-hybridized carbons (Fsp3) is 0.133. The Labute approximate surface area is 228 Å². The Morgan fingerprint density at radius 2 is 1.76 bits per heavy atom. The van der Waals surface area contributed by atoms with Crippen LogP contribution in [0.4, 0.5) is 0 Å². The third-order valence-corrected chi connectivity index (χ3v) is 8.24. The number of benzene rings is 3. The average Bonchev–Trinajstić information content (AvgIpc) is 3.48. The number of fused-ring (bicyclic) bond motifs is 2. The Hall–Kier alpha value is -4.07. The molecule has 0 bridgehead atoms. The van der Waals surface area contributed by atoms with Crippen LogP contribution in [0.25, 0.3) is 53.9 Å². The third kappa shape index (κ3) is 4.23. The highest BCUT2D eigenvalue weighted by molar-refractivity contribution is 7.22. The summed E-state index contributed by atoms with van der Waals surface area (Å²) in [7, 11) is 1.93. The zero-order valence-electron chi connectivity index (χ0n) is 21.0. The molecule has 1 N–H and O–H groups in total. The minimum absolute atomic E-state index is 0.0696. The summed E-state index contributed by atoms with van der Waals surface area (Å²) >= 11 is 7.72. The van der Waals surface area contributed by atoms with Gasteiger partial charge in [-0.1, -0.05) is 29.8 Å². The lowest BCUT2D eigenvalue weighted by molar-refractivity contribution is -0.136. The second-order valence-electron chi connectivity index (χ2n) is 9.39. The maximum absolute atomic E-state index is 11.8. The van der Waals surface area contributed by atoms with Crippen molar-refractivity contribution in [3.8, 4) is 32.8 Å². The predicted octanol–water partition coefficient (Wildman–Crippen LogP) is 7.48. The van der Waals surface area contributed by atoms with Gasteiger partial charge in [-0.25, -0.2) is 4.98 Å². The number of hydrogen-bond donors (Lipinski definition) is 1. The van der Waals surface area contributed by atoms with E-state index < -0.39 is 5.97 Å². The van der Waals surface area contributed by atoms with Crippen molar-refractivity contribution >= 4 is 50.0 Å². The maximum Gasteiger partial charge on any atom is 0.307 e. The summed E-state index contributed by atoms with van der Waals surface area (Å²) in [5.74, 6) is -0.870. The first kappa shape index (κ1) is 24.3. The van der Waals surface area contributed by atoms with Crippen molar-refractivity contribution in [2.75, 3.05) is 0 Å². The molecular formula is C30H23ClN4O2S. The quantitative estimate of drug-likeness (QED) is 0.246. The average molecular weight is 539 g/mol. The topological polar surface area (TPSA) is 80.9 Å². The Balaban J connectivity index is 1.53. The number of pyridine rings is 1. The van der Waals surface area contributed by atoms with Crippen molar-refractivity contribution in [1.82, 2.24) is 19.7 Å². The zero-order chi connectivity index (χ0) is 26.6. The molecule has 6 nitrogen and oxygen atoms in total. The summed E-state index contributed by atoms with van der Waals surface area (Å²) < 4.78 is 2.81. The second-order valence-corrected chi connectivity index (χ2v) is 10.8. The molecule has 0 fully saturated rings. The van der Waals surface area contributed by atoms with Gasteiger partial charge >= 0.3 is 5.97 Å². The van der Waals surface area contributed by atoms with E-state index in [2.05, 4.69) is 29.4 Å². The highest BCUT2D eigenvalue weighted by Crippen LogP contribution is 2.42. The van der Waals surface area contributed by atoms with Crippen LogP contribution in [0.5, 0.6) is 0 Å². The molecular weight excluding hydrogens is 516 g/mol. The molecule has 38 heavy (non-hydrogen) atoms. The van der Waals surface area contributed by atoms with E-state index in [-0.39, 0.29) is 6.42 Å². The molecule has 6 rings (SSSR count). The number of aliphatic carboxylic acids is 1. The third-order valence-electron chi connectivity index (χ3n) is 6.87. The van der Waals surface area contributed by atoms with Crippen LogP contribution in [0.2, 0.25) is 5.02 Å². The molecule has 188 valence electrons. The minimum atomic E-state index is -0.870. The normalized spacial score (nSPS) is 11.5. The van der Waals surface area contributed by atoms with Crippen molar-refractivity contribution in [2.45, 2.75) is 20.3 Å². The molecule has 0 spiro atoms. The van der Waals surface area contributed by atoms with Gasteiger partial charge in [0.2, 0.25) is 0 Å². The first-order chi connectivity index (χ1) is 18.3. The SMILES string of the molecule is Cc1cc2nc(-c3cc(-c4ccc5c(cnn5C)c4)cnc3C)sc2c(-c2ccc(Cl)cc2)c1CC(=O)O. The van der Waals surface area contributed by atoms with E-state index >= 15 is 0 Å². The van der Waals surface area contributed by atoms with E-state index in [1.54, 1.807) is 11.3 Å². The lowest BCUT2D eigenvalue weighted by atomic mass is 9.93. The van der Waals surface area contributed by atoms with E-state index in [4.69, 9.17) is 21.6 Å². The number of rotatable bonds is 5. The van der Waals surface area contributed by atoms with Crippen LogP contribution in [-0.2, 0) is 18.3 Å². The molecule has 0 saturated heterocycles. The molecule has 0 unspecified atom stereocenters. The van der Waals surface area contributed by atoms with Crippen molar-refractivity contribution in [2.24, 2.45) is 7.05 Å². The van der Waals surface area contributed by atoms with Gasteiger partial charge in [0.15, 0.2) is 0 Å². The van der Waals surface area contributed by atoms with Crippen LogP contribution >= 0.6 is 22.9 Å². The number of halogens is 1. The van der Waals surface area contributed by atoms with Crippen LogP contribution in [0.15, 0.2) is 67.0 Å². The Kier molecular flexibility index (Phi) is 5.97. The Morgan fingerprint density at radius 1 is 1.00 bits per heavy atom. The summed E-state index contributed by atoms with van der Waals surface area (Å²) in [5, 5.41) is 16.6. The molecule has 0 radical (unpaired) electrons. The second kappa shape index (κ2) is 9.35. The number of thiazole rings is 1. The number of aryl methyl sites for hydroxylation is 3. The lowest BCUT2D eigenvalue weighted by Gasteiger charge is -2.13. The van der Waals surface area contributed by atoms with Crippen LogP contribution in [0, 0.1) is 13.8 Å². The van der Waals surface area contributed by atoms with E-state index in [9.17, 15) is 9.90 Å². The van der Waals surface area contributed by atoms with Crippen molar-refractivity contribution in [3.63, 3.8) is 0 Å². The zero-order valence-corrected chi connectivity index (χ0v) is 22.6. The largest absolute Gasteiger partial charge is 0.481 e. The van der Waals surface area contributed by atoms with Gasteiger partial charge in [-0.3, -0.25) is 14.5 Å². The summed E-state index contributed by atoms with van der Waals surface area (Å²) in [5.41, 5.74) is 9.30. The number of carboxylic acids is 1. The van der Waals surface area contributed by atoms with Crippen molar-refractivity contribution < 1.29 is 9.90 Å². The monoisotopic (exact) mass is 538 g/mol. The summed E-state index contributed by atoms with van der Waals surface area (Å²) in [6, 6.07) is 17.9. The molecule has 3 heterocycles. The molecule has 0 aliphatic carbocycles. The van der Waals surface area contributed by atoms with Crippen LogP contribution < -0.4 is 0 Å². The summed E-state index contributed by atoms with van der Waals surface area (Å²) in [6.07, 6.45) is 3.68. The standard InChI is InChI=1S/C30H23ClN4O2S/c1-16-10-25-29(28(23(16)13-27(36)37)18-4-7-22(31)8-5-18)38-30(34-25)24-12-20(14-32-17(24)2)19-6-9-26-21(11-19)15-33-35(26)3/h4-12,14-15H,13H2,1-3H3,(H,36,37). The number of nitrogens with zero attached hydrogens (tertiary/aromatic N) is 4. The maximum atomic E-state index is 11.8. The van der Waals surface area contributed by atoms with E-state index in [0.717, 1.165) is 70.8 Å². The smallest absolute Gasteiger partial charge is 0.307 e. The van der Waals surface area contributed by atoms with E-state index in [0.29, 0.717) is 5.02 Å². The minimum Gasteiger partial charge on any atom is -0.481 e. The van der Waals surface area contributed by atoms with Gasteiger partial charge in [-0.2, -0.15) is 5.10 Å². The van der Waals surface area contributed by atoms with Crippen molar-refractivity contribution in [1.29, 1.82) is 0 Å². The van der Waals surface area contributed by atoms with Crippen LogP contribution in [-0.4, -0.2) is 30.8 Å². The molecule has 0 aliphatic heterocycles. The highest BCUT2D eigenvalue weighted by atomic mass is 35.5. The molecule has 0 saturated carbocycles. The predicted molar refractivity (Wildman–Crippen MR) is 154 cm³/mol. The van der Waals surface area contributed by atoms with Gasteiger partial charge in [-0.05, 0) is 72.5 Å². The molecule has 8 heteroatoms. The number of carboxylic acid groups (broad SMARTS) is 1. The van der Waals surface area contributed by atoms with E-state index in [1.165, 1.54) is 0 Å². The molecule has 6 aromatic rings.